The van der Waals surface area contributed by atoms with Crippen LogP contribution >= 0.6 is 0 Å². The van der Waals surface area contributed by atoms with Crippen molar-refractivity contribution in [1.29, 1.82) is 0 Å². The van der Waals surface area contributed by atoms with Gasteiger partial charge in [0.15, 0.2) is 0 Å². The molecular weight excluding hydrogens is 340 g/mol. The zero-order valence-corrected chi connectivity index (χ0v) is 15.8. The average molecular weight is 364 g/mol. The number of aryl methyl sites for hydroxylation is 1. The third kappa shape index (κ3) is 4.53. The first-order chi connectivity index (χ1) is 12.9. The molecule has 0 saturated carbocycles. The zero-order valence-electron chi connectivity index (χ0n) is 15.8. The van der Waals surface area contributed by atoms with Crippen LogP contribution in [0.1, 0.15) is 25.2 Å². The molecule has 0 fully saturated rings. The Kier molecular flexibility index (Phi) is 5.54. The highest BCUT2D eigenvalue weighted by atomic mass is 16.2. The summed E-state index contributed by atoms with van der Waals surface area (Å²) in [5.74, 6) is 0.370. The normalized spacial score (nSPS) is 11.0. The average Bonchev–Trinajstić information content (AvgIpc) is 2.97. The van der Waals surface area contributed by atoms with Crippen molar-refractivity contribution in [3.8, 4) is 0 Å². The van der Waals surface area contributed by atoms with Crippen LogP contribution in [0.4, 0.5) is 5.69 Å². The van der Waals surface area contributed by atoms with Crippen LogP contribution in [0.15, 0.2) is 48.5 Å². The van der Waals surface area contributed by atoms with E-state index in [1.807, 2.05) is 73.9 Å². The van der Waals surface area contributed by atoms with Crippen molar-refractivity contribution in [3.05, 3.63) is 59.9 Å². The lowest BCUT2D eigenvalue weighted by molar-refractivity contribution is -0.124. The van der Waals surface area contributed by atoms with E-state index in [-0.39, 0.29) is 30.8 Å². The summed E-state index contributed by atoms with van der Waals surface area (Å²) < 4.78 is 1.85. The fourth-order valence-corrected chi connectivity index (χ4v) is 2.87. The molecule has 0 spiro atoms. The van der Waals surface area contributed by atoms with Gasteiger partial charge in [-0.25, -0.2) is 4.98 Å². The Morgan fingerprint density at radius 3 is 2.63 bits per heavy atom. The number of nitrogens with zero attached hydrogens (tertiary/aromatic N) is 2. The molecule has 2 aromatic carbocycles. The van der Waals surface area contributed by atoms with E-state index >= 15 is 0 Å². The highest BCUT2D eigenvalue weighted by Crippen LogP contribution is 2.17. The molecule has 6 heteroatoms. The van der Waals surface area contributed by atoms with E-state index in [9.17, 15) is 9.59 Å². The van der Waals surface area contributed by atoms with Crippen molar-refractivity contribution in [2.45, 2.75) is 33.9 Å². The first kappa shape index (κ1) is 18.6. The number of fused-ring (bicyclic) bond motifs is 1. The van der Waals surface area contributed by atoms with Crippen LogP contribution in [0.25, 0.3) is 11.0 Å². The Labute approximate surface area is 158 Å². The van der Waals surface area contributed by atoms with Gasteiger partial charge >= 0.3 is 0 Å². The van der Waals surface area contributed by atoms with Crippen LogP contribution in [0.3, 0.4) is 0 Å². The van der Waals surface area contributed by atoms with Gasteiger partial charge in [0, 0.05) is 11.6 Å². The molecular formula is C21H24N4O2. The highest BCUT2D eigenvalue weighted by molar-refractivity contribution is 5.91. The van der Waals surface area contributed by atoms with E-state index in [0.29, 0.717) is 5.82 Å². The number of carbonyl (C=O) groups is 2. The van der Waals surface area contributed by atoms with E-state index in [1.165, 1.54) is 0 Å². The van der Waals surface area contributed by atoms with Crippen LogP contribution < -0.4 is 10.6 Å². The lowest BCUT2D eigenvalue weighted by Gasteiger charge is -2.12. The summed E-state index contributed by atoms with van der Waals surface area (Å²) >= 11 is 0. The fraction of sp³-hybridized carbons (Fsp3) is 0.286. The number of para-hydroxylation sites is 2. The summed E-state index contributed by atoms with van der Waals surface area (Å²) in [6, 6.07) is 15.3. The van der Waals surface area contributed by atoms with Crippen molar-refractivity contribution < 1.29 is 9.59 Å². The minimum absolute atomic E-state index is 0.0437. The molecule has 1 aromatic heterocycles. The van der Waals surface area contributed by atoms with Gasteiger partial charge in [0.05, 0.1) is 17.6 Å². The number of nitrogens with one attached hydrogen (secondary N) is 2. The molecule has 3 aromatic rings. The third-order valence-corrected chi connectivity index (χ3v) is 4.28. The van der Waals surface area contributed by atoms with E-state index in [2.05, 4.69) is 15.6 Å². The third-order valence-electron chi connectivity index (χ3n) is 4.28. The largest absolute Gasteiger partial charge is 0.349 e. The smallest absolute Gasteiger partial charge is 0.244 e. The predicted octanol–water partition coefficient (Wildman–Crippen LogP) is 3.26. The summed E-state index contributed by atoms with van der Waals surface area (Å²) in [5, 5.41) is 5.80. The maximum Gasteiger partial charge on any atom is 0.244 e. The number of aromatic nitrogens is 2. The molecule has 140 valence electrons. The monoisotopic (exact) mass is 364 g/mol. The van der Waals surface area contributed by atoms with Gasteiger partial charge in [0.2, 0.25) is 11.8 Å². The number of hydrogen-bond donors (Lipinski definition) is 2. The number of imidazole rings is 1. The molecule has 1 heterocycles. The molecule has 0 aliphatic carbocycles. The summed E-state index contributed by atoms with van der Waals surface area (Å²) in [4.78, 5) is 29.1. The first-order valence-corrected chi connectivity index (χ1v) is 9.02. The highest BCUT2D eigenvalue weighted by Gasteiger charge is 2.15. The number of benzene rings is 2. The molecule has 0 aliphatic heterocycles. The predicted molar refractivity (Wildman–Crippen MR) is 106 cm³/mol. The Morgan fingerprint density at radius 2 is 1.89 bits per heavy atom. The molecule has 0 radical (unpaired) electrons. The molecule has 2 amide bonds. The SMILES string of the molecule is Cc1cccc(NC(=O)Cn2c(CNC(=O)C(C)C)nc3ccccc32)c1. The number of amides is 2. The van der Waals surface area contributed by atoms with E-state index < -0.39 is 0 Å². The lowest BCUT2D eigenvalue weighted by atomic mass is 10.2. The van der Waals surface area contributed by atoms with Gasteiger partial charge < -0.3 is 15.2 Å². The molecule has 6 nitrogen and oxygen atoms in total. The van der Waals surface area contributed by atoms with Crippen LogP contribution in [-0.2, 0) is 22.7 Å². The summed E-state index contributed by atoms with van der Waals surface area (Å²) in [7, 11) is 0. The molecule has 27 heavy (non-hydrogen) atoms. The maximum atomic E-state index is 12.6. The summed E-state index contributed by atoms with van der Waals surface area (Å²) in [6.07, 6.45) is 0. The van der Waals surface area contributed by atoms with Crippen molar-refractivity contribution >= 4 is 28.5 Å². The van der Waals surface area contributed by atoms with Gasteiger partial charge in [-0.1, -0.05) is 38.1 Å². The topological polar surface area (TPSA) is 76.0 Å². The van der Waals surface area contributed by atoms with Crippen molar-refractivity contribution in [2.24, 2.45) is 5.92 Å². The quantitative estimate of drug-likeness (QED) is 0.705. The number of rotatable bonds is 6. The van der Waals surface area contributed by atoms with Gasteiger partial charge in [0.25, 0.3) is 0 Å². The minimum Gasteiger partial charge on any atom is -0.349 e. The molecule has 0 aliphatic rings. The van der Waals surface area contributed by atoms with Crippen molar-refractivity contribution in [2.75, 3.05) is 5.32 Å². The number of hydrogen-bond acceptors (Lipinski definition) is 3. The van der Waals surface area contributed by atoms with Crippen LogP contribution in [-0.4, -0.2) is 21.4 Å². The van der Waals surface area contributed by atoms with Gasteiger partial charge in [0.1, 0.15) is 12.4 Å². The second-order valence-electron chi connectivity index (χ2n) is 6.89. The van der Waals surface area contributed by atoms with Crippen LogP contribution in [0.2, 0.25) is 0 Å². The molecule has 2 N–H and O–H groups in total. The molecule has 0 atom stereocenters. The van der Waals surface area contributed by atoms with E-state index in [4.69, 9.17) is 0 Å². The fourth-order valence-electron chi connectivity index (χ4n) is 2.87. The van der Waals surface area contributed by atoms with E-state index in [0.717, 1.165) is 22.3 Å². The molecule has 0 unspecified atom stereocenters. The zero-order chi connectivity index (χ0) is 19.4. The molecule has 3 rings (SSSR count). The second kappa shape index (κ2) is 8.03. The molecule has 0 bridgehead atoms. The number of anilines is 1. The van der Waals surface area contributed by atoms with Crippen LogP contribution in [0, 0.1) is 12.8 Å². The first-order valence-electron chi connectivity index (χ1n) is 9.02. The second-order valence-corrected chi connectivity index (χ2v) is 6.89. The Morgan fingerprint density at radius 1 is 1.11 bits per heavy atom. The van der Waals surface area contributed by atoms with Gasteiger partial charge in [-0.2, -0.15) is 0 Å². The summed E-state index contributed by atoms with van der Waals surface area (Å²) in [5.41, 5.74) is 3.51. The standard InChI is InChI=1S/C21H24N4O2/c1-14(2)21(27)22-12-19-24-17-9-4-5-10-18(17)25(19)13-20(26)23-16-8-6-7-15(3)11-16/h4-11,14H,12-13H2,1-3H3,(H,22,27)(H,23,26). The summed E-state index contributed by atoms with van der Waals surface area (Å²) in [6.45, 7) is 6.07. The Balaban J connectivity index is 1.82. The van der Waals surface area contributed by atoms with Crippen LogP contribution in [0.5, 0.6) is 0 Å². The Hall–Kier alpha value is -3.15. The van der Waals surface area contributed by atoms with Gasteiger partial charge in [-0.15, -0.1) is 0 Å². The van der Waals surface area contributed by atoms with Gasteiger partial charge in [-0.3, -0.25) is 9.59 Å². The van der Waals surface area contributed by atoms with Gasteiger partial charge in [-0.05, 0) is 36.8 Å². The molecule has 0 saturated heterocycles. The van der Waals surface area contributed by atoms with E-state index in [1.54, 1.807) is 0 Å². The maximum absolute atomic E-state index is 12.6. The Bertz CT molecular complexity index is 975. The minimum atomic E-state index is -0.139. The van der Waals surface area contributed by atoms with Crippen molar-refractivity contribution in [1.82, 2.24) is 14.9 Å². The van der Waals surface area contributed by atoms with Crippen molar-refractivity contribution in [3.63, 3.8) is 0 Å². The number of carbonyl (C=O) groups excluding carboxylic acids is 2. The lowest BCUT2D eigenvalue weighted by Crippen LogP contribution is -2.29.